The lowest BCUT2D eigenvalue weighted by Crippen LogP contribution is -2.13. The predicted molar refractivity (Wildman–Crippen MR) is 86.0 cm³/mol. The van der Waals surface area contributed by atoms with Crippen molar-refractivity contribution in [3.05, 3.63) is 69.3 Å². The van der Waals surface area contributed by atoms with Crippen LogP contribution in [0.25, 0.3) is 0 Å². The van der Waals surface area contributed by atoms with Crippen LogP contribution in [0.4, 0.5) is 11.4 Å². The zero-order chi connectivity index (χ0) is 16.1. The number of nitrogens with one attached hydrogen (secondary N) is 1. The molecule has 0 radical (unpaired) electrons. The van der Waals surface area contributed by atoms with E-state index in [4.69, 9.17) is 0 Å². The molecule has 0 unspecified atom stereocenters. The number of amides is 1. The highest BCUT2D eigenvalue weighted by Crippen LogP contribution is 2.27. The van der Waals surface area contributed by atoms with E-state index in [9.17, 15) is 14.9 Å². The number of nitrogens with zero attached hydrogens (tertiary/aromatic N) is 1. The Morgan fingerprint density at radius 1 is 1.09 bits per heavy atom. The van der Waals surface area contributed by atoms with E-state index in [1.807, 2.05) is 30.3 Å². The van der Waals surface area contributed by atoms with Gasteiger partial charge in [-0.15, -0.1) is 0 Å². The van der Waals surface area contributed by atoms with Crippen molar-refractivity contribution in [2.75, 3.05) is 5.32 Å². The van der Waals surface area contributed by atoms with Crippen molar-refractivity contribution in [2.24, 2.45) is 0 Å². The number of nitro groups is 1. The minimum absolute atomic E-state index is 0.0692. The summed E-state index contributed by atoms with van der Waals surface area (Å²) in [4.78, 5) is 22.5. The van der Waals surface area contributed by atoms with Gasteiger partial charge in [0.2, 0.25) is 5.91 Å². The molecule has 0 atom stereocenters. The second-order valence-electron chi connectivity index (χ2n) is 5.17. The Bertz CT molecular complexity index is 697. The van der Waals surface area contributed by atoms with Gasteiger partial charge < -0.3 is 5.32 Å². The Hall–Kier alpha value is -2.69. The molecule has 2 aromatic rings. The Balaban J connectivity index is 2.03. The quantitative estimate of drug-likeness (QED) is 0.674. The fraction of sp³-hybridized carbons (Fsp3) is 0.235. The van der Waals surface area contributed by atoms with Gasteiger partial charge in [-0.2, -0.15) is 0 Å². The average molecular weight is 298 g/mol. The van der Waals surface area contributed by atoms with Crippen molar-refractivity contribution in [1.29, 1.82) is 0 Å². The molecule has 2 aromatic carbocycles. The molecular weight excluding hydrogens is 280 g/mol. The van der Waals surface area contributed by atoms with Crippen LogP contribution in [0.15, 0.2) is 42.5 Å². The highest BCUT2D eigenvalue weighted by Gasteiger charge is 2.15. The molecule has 5 nitrogen and oxygen atoms in total. The summed E-state index contributed by atoms with van der Waals surface area (Å²) in [6.07, 6.45) is 1.04. The first-order chi connectivity index (χ1) is 10.5. The smallest absolute Gasteiger partial charge is 0.272 e. The molecule has 0 fully saturated rings. The number of rotatable bonds is 5. The standard InChI is InChI=1S/C17H18N2O3/c1-12-13(2)16(19(21)22)10-9-15(12)18-17(20)11-8-14-6-4-3-5-7-14/h3-7,9-10H,8,11H2,1-2H3,(H,18,20). The highest BCUT2D eigenvalue weighted by atomic mass is 16.6. The molecule has 0 aliphatic heterocycles. The van der Waals surface area contributed by atoms with Crippen LogP contribution in [0.1, 0.15) is 23.1 Å². The van der Waals surface area contributed by atoms with Crippen molar-refractivity contribution >= 4 is 17.3 Å². The number of carbonyl (C=O) groups is 1. The first-order valence-electron chi connectivity index (χ1n) is 7.07. The van der Waals surface area contributed by atoms with Gasteiger partial charge >= 0.3 is 0 Å². The third-order valence-corrected chi connectivity index (χ3v) is 3.71. The molecule has 1 N–H and O–H groups in total. The fourth-order valence-corrected chi connectivity index (χ4v) is 2.25. The third kappa shape index (κ3) is 3.69. The largest absolute Gasteiger partial charge is 0.326 e. The van der Waals surface area contributed by atoms with E-state index in [-0.39, 0.29) is 11.6 Å². The number of carbonyl (C=O) groups excluding carboxylic acids is 1. The van der Waals surface area contributed by atoms with E-state index < -0.39 is 4.92 Å². The maximum absolute atomic E-state index is 12.0. The van der Waals surface area contributed by atoms with Crippen molar-refractivity contribution in [3.8, 4) is 0 Å². The Morgan fingerprint density at radius 3 is 2.41 bits per heavy atom. The molecule has 0 heterocycles. The molecule has 0 bridgehead atoms. The van der Waals surface area contributed by atoms with Gasteiger partial charge in [0.05, 0.1) is 4.92 Å². The van der Waals surface area contributed by atoms with Gasteiger partial charge in [0.15, 0.2) is 0 Å². The Labute approximate surface area is 129 Å². The van der Waals surface area contributed by atoms with Crippen LogP contribution >= 0.6 is 0 Å². The second kappa shape index (κ2) is 6.85. The maximum atomic E-state index is 12.0. The molecule has 2 rings (SSSR count). The van der Waals surface area contributed by atoms with E-state index in [1.54, 1.807) is 19.9 Å². The van der Waals surface area contributed by atoms with Gasteiger partial charge in [0.25, 0.3) is 5.69 Å². The lowest BCUT2D eigenvalue weighted by atomic mass is 10.1. The summed E-state index contributed by atoms with van der Waals surface area (Å²) >= 11 is 0. The predicted octanol–water partition coefficient (Wildman–Crippen LogP) is 3.78. The van der Waals surface area contributed by atoms with Gasteiger partial charge in [-0.25, -0.2) is 0 Å². The molecule has 0 saturated carbocycles. The minimum Gasteiger partial charge on any atom is -0.326 e. The van der Waals surface area contributed by atoms with Crippen LogP contribution < -0.4 is 5.32 Å². The summed E-state index contributed by atoms with van der Waals surface area (Å²) in [5.74, 6) is -0.0970. The van der Waals surface area contributed by atoms with Crippen LogP contribution in [-0.2, 0) is 11.2 Å². The molecule has 0 saturated heterocycles. The lowest BCUT2D eigenvalue weighted by Gasteiger charge is -2.11. The molecule has 0 aliphatic rings. The molecule has 114 valence electrons. The Kier molecular flexibility index (Phi) is 4.88. The van der Waals surface area contributed by atoms with Crippen LogP contribution in [-0.4, -0.2) is 10.8 Å². The fourth-order valence-electron chi connectivity index (χ4n) is 2.25. The third-order valence-electron chi connectivity index (χ3n) is 3.71. The van der Waals surface area contributed by atoms with E-state index in [0.717, 1.165) is 11.1 Å². The number of nitro benzene ring substituents is 1. The van der Waals surface area contributed by atoms with Gasteiger partial charge in [0, 0.05) is 23.7 Å². The summed E-state index contributed by atoms with van der Waals surface area (Å²) in [5.41, 5.74) is 3.10. The molecule has 0 aromatic heterocycles. The van der Waals surface area contributed by atoms with E-state index >= 15 is 0 Å². The number of hydrogen-bond acceptors (Lipinski definition) is 3. The first-order valence-corrected chi connectivity index (χ1v) is 7.07. The second-order valence-corrected chi connectivity index (χ2v) is 5.17. The Morgan fingerprint density at radius 2 is 1.77 bits per heavy atom. The zero-order valence-electron chi connectivity index (χ0n) is 12.6. The van der Waals surface area contributed by atoms with Gasteiger partial charge in [-0.3, -0.25) is 14.9 Å². The normalized spacial score (nSPS) is 10.3. The van der Waals surface area contributed by atoms with E-state index in [0.29, 0.717) is 24.1 Å². The maximum Gasteiger partial charge on any atom is 0.272 e. The number of benzene rings is 2. The molecule has 22 heavy (non-hydrogen) atoms. The van der Waals surface area contributed by atoms with Gasteiger partial charge in [-0.1, -0.05) is 30.3 Å². The minimum atomic E-state index is -0.413. The van der Waals surface area contributed by atoms with Crippen LogP contribution in [0.5, 0.6) is 0 Å². The summed E-state index contributed by atoms with van der Waals surface area (Å²) in [7, 11) is 0. The number of aryl methyl sites for hydroxylation is 1. The molecule has 5 heteroatoms. The SMILES string of the molecule is Cc1c(NC(=O)CCc2ccccc2)ccc([N+](=O)[O-])c1C. The lowest BCUT2D eigenvalue weighted by molar-refractivity contribution is -0.385. The van der Waals surface area contributed by atoms with Crippen LogP contribution in [0.2, 0.25) is 0 Å². The van der Waals surface area contributed by atoms with Crippen molar-refractivity contribution < 1.29 is 9.72 Å². The molecule has 0 aliphatic carbocycles. The van der Waals surface area contributed by atoms with Gasteiger partial charge in [-0.05, 0) is 37.5 Å². The van der Waals surface area contributed by atoms with Crippen molar-refractivity contribution in [1.82, 2.24) is 0 Å². The number of anilines is 1. The number of hydrogen-bond donors (Lipinski definition) is 1. The van der Waals surface area contributed by atoms with Crippen LogP contribution in [0, 0.1) is 24.0 Å². The average Bonchev–Trinajstić information content (AvgIpc) is 2.50. The topological polar surface area (TPSA) is 72.2 Å². The molecule has 0 spiro atoms. The summed E-state index contributed by atoms with van der Waals surface area (Å²) in [6, 6.07) is 12.8. The monoisotopic (exact) mass is 298 g/mol. The van der Waals surface area contributed by atoms with Gasteiger partial charge in [0.1, 0.15) is 0 Å². The van der Waals surface area contributed by atoms with Crippen molar-refractivity contribution in [2.45, 2.75) is 26.7 Å². The van der Waals surface area contributed by atoms with E-state index in [2.05, 4.69) is 5.32 Å². The summed E-state index contributed by atoms with van der Waals surface area (Å²) in [5, 5.41) is 13.7. The molecular formula is C17H18N2O3. The van der Waals surface area contributed by atoms with E-state index in [1.165, 1.54) is 6.07 Å². The summed E-state index contributed by atoms with van der Waals surface area (Å²) < 4.78 is 0. The first kappa shape index (κ1) is 15.7. The highest BCUT2D eigenvalue weighted by molar-refractivity contribution is 5.92. The van der Waals surface area contributed by atoms with Crippen LogP contribution in [0.3, 0.4) is 0 Å². The molecule has 1 amide bonds. The zero-order valence-corrected chi connectivity index (χ0v) is 12.6. The summed E-state index contributed by atoms with van der Waals surface area (Å²) in [6.45, 7) is 3.46. The van der Waals surface area contributed by atoms with Crippen molar-refractivity contribution in [3.63, 3.8) is 0 Å².